The quantitative estimate of drug-likeness (QED) is 0.691. The monoisotopic (exact) mass is 368 g/mol. The Morgan fingerprint density at radius 1 is 1.27 bits per heavy atom. The number of aryl methyl sites for hydroxylation is 1. The first-order valence-corrected chi connectivity index (χ1v) is 9.42. The zero-order valence-corrected chi connectivity index (χ0v) is 15.4. The lowest BCUT2D eigenvalue weighted by Crippen LogP contribution is -2.52. The Morgan fingerprint density at radius 2 is 2.19 bits per heavy atom. The van der Waals surface area contributed by atoms with Gasteiger partial charge in [-0.05, 0) is 24.1 Å². The third-order valence-corrected chi connectivity index (χ3v) is 5.92. The molecule has 1 saturated heterocycles. The average Bonchev–Trinajstić information content (AvgIpc) is 3.03. The first kappa shape index (κ1) is 16.1. The standard InChI is InChI=1S/C20H21ClN4O/c1-12-2-5-17-16(9-23-24-17)18(12)15-4-3-13-10-25-7-6-22-8-14(25)11-26-20(13)19(15)21/h2-5,9,14,22H,6-8,10-11H2,1H3,(H,23,24). The van der Waals surface area contributed by atoms with Crippen LogP contribution in [0.3, 0.4) is 0 Å². The van der Waals surface area contributed by atoms with Crippen LogP contribution in [0.4, 0.5) is 0 Å². The molecule has 2 aliphatic heterocycles. The molecule has 26 heavy (non-hydrogen) atoms. The van der Waals surface area contributed by atoms with Crippen LogP contribution < -0.4 is 10.1 Å². The molecule has 0 radical (unpaired) electrons. The maximum Gasteiger partial charge on any atom is 0.143 e. The van der Waals surface area contributed by atoms with E-state index in [4.69, 9.17) is 16.3 Å². The van der Waals surface area contributed by atoms with Gasteiger partial charge in [0.05, 0.1) is 22.8 Å². The Morgan fingerprint density at radius 3 is 3.12 bits per heavy atom. The van der Waals surface area contributed by atoms with Gasteiger partial charge in [-0.15, -0.1) is 0 Å². The Bertz CT molecular complexity index is 983. The van der Waals surface area contributed by atoms with Crippen molar-refractivity contribution in [1.29, 1.82) is 0 Å². The summed E-state index contributed by atoms with van der Waals surface area (Å²) in [4.78, 5) is 2.49. The predicted molar refractivity (Wildman–Crippen MR) is 104 cm³/mol. The maximum atomic E-state index is 6.88. The summed E-state index contributed by atoms with van der Waals surface area (Å²) < 4.78 is 6.21. The molecular weight excluding hydrogens is 348 g/mol. The zero-order chi connectivity index (χ0) is 17.7. The van der Waals surface area contributed by atoms with E-state index in [1.165, 1.54) is 11.1 Å². The van der Waals surface area contributed by atoms with E-state index in [0.29, 0.717) is 17.7 Å². The number of fused-ring (bicyclic) bond motifs is 3. The number of rotatable bonds is 1. The van der Waals surface area contributed by atoms with Crippen LogP contribution in [0.1, 0.15) is 11.1 Å². The summed E-state index contributed by atoms with van der Waals surface area (Å²) in [6.45, 7) is 6.69. The number of aromatic amines is 1. The number of hydrogen-bond acceptors (Lipinski definition) is 4. The Hall–Kier alpha value is -2.08. The molecular formula is C20H21ClN4O. The molecule has 0 amide bonds. The van der Waals surface area contributed by atoms with Crippen molar-refractivity contribution >= 4 is 22.5 Å². The van der Waals surface area contributed by atoms with E-state index < -0.39 is 0 Å². The molecule has 2 aliphatic rings. The third kappa shape index (κ3) is 2.50. The number of nitrogens with one attached hydrogen (secondary N) is 2. The fraction of sp³-hybridized carbons (Fsp3) is 0.350. The average molecular weight is 369 g/mol. The predicted octanol–water partition coefficient (Wildman–Crippen LogP) is 3.36. The van der Waals surface area contributed by atoms with Gasteiger partial charge in [-0.2, -0.15) is 5.10 Å². The summed E-state index contributed by atoms with van der Waals surface area (Å²) in [5.74, 6) is 0.832. The van der Waals surface area contributed by atoms with Gasteiger partial charge < -0.3 is 10.1 Å². The number of nitrogens with zero attached hydrogens (tertiary/aromatic N) is 2. The van der Waals surface area contributed by atoms with Crippen LogP contribution in [0.25, 0.3) is 22.0 Å². The van der Waals surface area contributed by atoms with Gasteiger partial charge in [0, 0.05) is 42.7 Å². The van der Waals surface area contributed by atoms with Gasteiger partial charge in [0.1, 0.15) is 12.4 Å². The minimum atomic E-state index is 0.398. The highest BCUT2D eigenvalue weighted by molar-refractivity contribution is 6.35. The number of piperazine rings is 1. The van der Waals surface area contributed by atoms with E-state index in [-0.39, 0.29) is 0 Å². The molecule has 6 heteroatoms. The fourth-order valence-corrected chi connectivity index (χ4v) is 4.46. The van der Waals surface area contributed by atoms with Crippen LogP contribution in [0, 0.1) is 6.92 Å². The van der Waals surface area contributed by atoms with Gasteiger partial charge in [-0.1, -0.05) is 29.8 Å². The fourth-order valence-electron chi connectivity index (χ4n) is 4.13. The molecule has 0 saturated carbocycles. The summed E-state index contributed by atoms with van der Waals surface area (Å²) in [6.07, 6.45) is 1.87. The first-order chi connectivity index (χ1) is 12.7. The molecule has 1 atom stereocenters. The van der Waals surface area contributed by atoms with Crippen LogP contribution in [0.15, 0.2) is 30.5 Å². The Kier molecular flexibility index (Phi) is 3.89. The molecule has 2 aromatic carbocycles. The first-order valence-electron chi connectivity index (χ1n) is 9.04. The largest absolute Gasteiger partial charge is 0.490 e. The van der Waals surface area contributed by atoms with Crippen LogP contribution in [0.5, 0.6) is 5.75 Å². The van der Waals surface area contributed by atoms with E-state index >= 15 is 0 Å². The summed E-state index contributed by atoms with van der Waals surface area (Å²) in [6, 6.07) is 8.85. The summed E-state index contributed by atoms with van der Waals surface area (Å²) in [5.41, 5.74) is 5.49. The van der Waals surface area contributed by atoms with Crippen molar-refractivity contribution in [1.82, 2.24) is 20.4 Å². The highest BCUT2D eigenvalue weighted by Crippen LogP contribution is 2.43. The lowest BCUT2D eigenvalue weighted by atomic mass is 9.95. The Labute approximate surface area is 157 Å². The van der Waals surface area contributed by atoms with E-state index in [9.17, 15) is 0 Å². The second-order valence-corrected chi connectivity index (χ2v) is 7.52. The van der Waals surface area contributed by atoms with Crippen molar-refractivity contribution < 1.29 is 4.74 Å². The van der Waals surface area contributed by atoms with Crippen molar-refractivity contribution in [3.63, 3.8) is 0 Å². The van der Waals surface area contributed by atoms with Gasteiger partial charge in [0.2, 0.25) is 0 Å². The van der Waals surface area contributed by atoms with Gasteiger partial charge in [-0.3, -0.25) is 10.00 Å². The van der Waals surface area contributed by atoms with Gasteiger partial charge in [-0.25, -0.2) is 0 Å². The van der Waals surface area contributed by atoms with Crippen molar-refractivity contribution in [3.8, 4) is 16.9 Å². The molecule has 0 aliphatic carbocycles. The van der Waals surface area contributed by atoms with Gasteiger partial charge in [0.15, 0.2) is 0 Å². The summed E-state index contributed by atoms with van der Waals surface area (Å²) >= 11 is 6.88. The number of aromatic nitrogens is 2. The lowest BCUT2D eigenvalue weighted by Gasteiger charge is -2.33. The molecule has 1 aromatic heterocycles. The molecule has 5 rings (SSSR count). The molecule has 1 fully saturated rings. The summed E-state index contributed by atoms with van der Waals surface area (Å²) in [5, 5.41) is 12.5. The molecule has 5 nitrogen and oxygen atoms in total. The van der Waals surface area contributed by atoms with Crippen LogP contribution in [-0.4, -0.2) is 47.4 Å². The van der Waals surface area contributed by atoms with Gasteiger partial charge >= 0.3 is 0 Å². The number of hydrogen-bond donors (Lipinski definition) is 2. The molecule has 2 N–H and O–H groups in total. The second-order valence-electron chi connectivity index (χ2n) is 7.14. The molecule has 134 valence electrons. The van der Waals surface area contributed by atoms with Crippen molar-refractivity contribution in [2.24, 2.45) is 0 Å². The smallest absolute Gasteiger partial charge is 0.143 e. The van der Waals surface area contributed by atoms with E-state index in [1.54, 1.807) is 0 Å². The SMILES string of the molecule is Cc1ccc2[nH]ncc2c1-c1ccc2c(c1Cl)OCC1CNCCN1C2. The Balaban J connectivity index is 1.64. The van der Waals surface area contributed by atoms with E-state index in [1.807, 2.05) is 6.20 Å². The topological polar surface area (TPSA) is 53.2 Å². The molecule has 0 spiro atoms. The van der Waals surface area contributed by atoms with Crippen LogP contribution in [0.2, 0.25) is 5.02 Å². The minimum absolute atomic E-state index is 0.398. The molecule has 0 bridgehead atoms. The van der Waals surface area contributed by atoms with Crippen LogP contribution in [-0.2, 0) is 6.54 Å². The van der Waals surface area contributed by atoms with Gasteiger partial charge in [0.25, 0.3) is 0 Å². The minimum Gasteiger partial charge on any atom is -0.490 e. The highest BCUT2D eigenvalue weighted by atomic mass is 35.5. The third-order valence-electron chi connectivity index (χ3n) is 5.55. The normalized spacial score (nSPS) is 20.3. The van der Waals surface area contributed by atoms with Crippen molar-refractivity contribution in [2.45, 2.75) is 19.5 Å². The van der Waals surface area contributed by atoms with Crippen LogP contribution >= 0.6 is 11.6 Å². The lowest BCUT2D eigenvalue weighted by molar-refractivity contribution is 0.120. The number of ether oxygens (including phenoxy) is 1. The molecule has 1 unspecified atom stereocenters. The van der Waals surface area contributed by atoms with E-state index in [2.05, 4.69) is 51.6 Å². The van der Waals surface area contributed by atoms with E-state index in [0.717, 1.165) is 54.0 Å². The molecule has 3 aromatic rings. The van der Waals surface area contributed by atoms with Crippen molar-refractivity contribution in [3.05, 3.63) is 46.6 Å². The number of halogens is 1. The highest BCUT2D eigenvalue weighted by Gasteiger charge is 2.29. The second kappa shape index (κ2) is 6.27. The maximum absolute atomic E-state index is 6.88. The number of H-pyrrole nitrogens is 1. The summed E-state index contributed by atoms with van der Waals surface area (Å²) in [7, 11) is 0. The number of benzene rings is 2. The molecule has 3 heterocycles. The van der Waals surface area contributed by atoms with Crippen molar-refractivity contribution in [2.75, 3.05) is 26.2 Å². The zero-order valence-electron chi connectivity index (χ0n) is 14.7.